The van der Waals surface area contributed by atoms with Gasteiger partial charge in [0, 0.05) is 12.3 Å². The molecule has 1 amide bonds. The van der Waals surface area contributed by atoms with E-state index in [1.165, 1.54) is 0 Å². The first-order valence-corrected chi connectivity index (χ1v) is 5.13. The minimum absolute atomic E-state index is 0.0343. The van der Waals surface area contributed by atoms with E-state index in [-0.39, 0.29) is 18.6 Å². The summed E-state index contributed by atoms with van der Waals surface area (Å²) in [6.45, 7) is 0.590. The largest absolute Gasteiger partial charge is 0.454 e. The van der Waals surface area contributed by atoms with Gasteiger partial charge in [0.15, 0.2) is 11.5 Å². The number of rotatable bonds is 1. The number of carbonyl (C=O) groups is 1. The van der Waals surface area contributed by atoms with Gasteiger partial charge in [-0.3, -0.25) is 10.0 Å². The Balaban J connectivity index is 1.88. The van der Waals surface area contributed by atoms with E-state index in [9.17, 15) is 10.0 Å². The molecule has 0 bridgehead atoms. The second-order valence-electron chi connectivity index (χ2n) is 3.99. The smallest absolute Gasteiger partial charge is 0.246 e. The van der Waals surface area contributed by atoms with Crippen LogP contribution in [0.2, 0.25) is 0 Å². The van der Waals surface area contributed by atoms with Gasteiger partial charge in [-0.05, 0) is 17.7 Å². The van der Waals surface area contributed by atoms with Crippen LogP contribution in [-0.4, -0.2) is 29.5 Å². The average Bonchev–Trinajstić information content (AvgIpc) is 2.85. The van der Waals surface area contributed by atoms with Gasteiger partial charge in [-0.15, -0.1) is 0 Å². The van der Waals surface area contributed by atoms with Crippen molar-refractivity contribution < 1.29 is 19.5 Å². The Labute approximate surface area is 92.1 Å². The van der Waals surface area contributed by atoms with Crippen LogP contribution in [0.15, 0.2) is 18.2 Å². The summed E-state index contributed by atoms with van der Waals surface area (Å²) in [5.41, 5.74) is 0.995. The zero-order valence-electron chi connectivity index (χ0n) is 8.55. The third-order valence-corrected chi connectivity index (χ3v) is 2.97. The molecule has 1 N–H and O–H groups in total. The highest BCUT2D eigenvalue weighted by atomic mass is 16.7. The molecule has 0 spiro atoms. The molecule has 0 aromatic heterocycles. The summed E-state index contributed by atoms with van der Waals surface area (Å²) >= 11 is 0. The van der Waals surface area contributed by atoms with Crippen LogP contribution in [-0.2, 0) is 4.79 Å². The number of fused-ring (bicyclic) bond motifs is 1. The van der Waals surface area contributed by atoms with Crippen LogP contribution < -0.4 is 9.47 Å². The van der Waals surface area contributed by atoms with Gasteiger partial charge >= 0.3 is 0 Å². The topological polar surface area (TPSA) is 59.0 Å². The number of hydrogen-bond acceptors (Lipinski definition) is 4. The zero-order valence-corrected chi connectivity index (χ0v) is 8.55. The number of hydroxylamine groups is 2. The first-order chi connectivity index (χ1) is 7.74. The van der Waals surface area contributed by atoms with Crippen molar-refractivity contribution in [1.82, 2.24) is 5.06 Å². The van der Waals surface area contributed by atoms with Crippen LogP contribution in [0.3, 0.4) is 0 Å². The van der Waals surface area contributed by atoms with Crippen LogP contribution in [0.25, 0.3) is 0 Å². The van der Waals surface area contributed by atoms with Crippen LogP contribution in [0.1, 0.15) is 17.9 Å². The Morgan fingerprint density at radius 3 is 2.88 bits per heavy atom. The lowest BCUT2D eigenvalue weighted by atomic mass is 9.98. The molecule has 0 radical (unpaired) electrons. The second-order valence-corrected chi connectivity index (χ2v) is 3.99. The molecule has 1 aromatic rings. The van der Waals surface area contributed by atoms with Crippen molar-refractivity contribution >= 4 is 5.91 Å². The highest BCUT2D eigenvalue weighted by Crippen LogP contribution is 2.36. The quantitative estimate of drug-likeness (QED) is 0.722. The Hall–Kier alpha value is -1.75. The van der Waals surface area contributed by atoms with E-state index in [0.29, 0.717) is 18.7 Å². The number of carbonyl (C=O) groups excluding carboxylic acids is 1. The van der Waals surface area contributed by atoms with Gasteiger partial charge in [-0.1, -0.05) is 6.07 Å². The van der Waals surface area contributed by atoms with Crippen LogP contribution in [0.4, 0.5) is 0 Å². The van der Waals surface area contributed by atoms with Crippen molar-refractivity contribution in [3.63, 3.8) is 0 Å². The van der Waals surface area contributed by atoms with E-state index in [4.69, 9.17) is 9.47 Å². The molecule has 2 heterocycles. The second kappa shape index (κ2) is 3.38. The lowest BCUT2D eigenvalue weighted by molar-refractivity contribution is -0.157. The number of amides is 1. The number of benzene rings is 1. The van der Waals surface area contributed by atoms with E-state index >= 15 is 0 Å². The van der Waals surface area contributed by atoms with Gasteiger partial charge in [0.25, 0.3) is 0 Å². The van der Waals surface area contributed by atoms with E-state index < -0.39 is 0 Å². The molecule has 0 saturated carbocycles. The predicted octanol–water partition coefficient (Wildman–Crippen LogP) is 1.12. The minimum Gasteiger partial charge on any atom is -0.454 e. The molecule has 16 heavy (non-hydrogen) atoms. The standard InChI is InChI=1S/C11H11NO4/c13-11-4-8(5-12(11)14)7-1-2-9-10(3-7)16-6-15-9/h1-3,8,14H,4-6H2. The summed E-state index contributed by atoms with van der Waals surface area (Å²) in [6.07, 6.45) is 0.343. The van der Waals surface area contributed by atoms with Gasteiger partial charge in [0.1, 0.15) is 0 Å². The maximum absolute atomic E-state index is 11.2. The van der Waals surface area contributed by atoms with Crippen molar-refractivity contribution in [1.29, 1.82) is 0 Å². The third-order valence-electron chi connectivity index (χ3n) is 2.97. The number of ether oxygens (including phenoxy) is 2. The van der Waals surface area contributed by atoms with Crippen LogP contribution >= 0.6 is 0 Å². The van der Waals surface area contributed by atoms with E-state index in [0.717, 1.165) is 16.4 Å². The normalized spacial score (nSPS) is 22.9. The summed E-state index contributed by atoms with van der Waals surface area (Å²) in [6, 6.07) is 5.62. The molecule has 1 atom stereocenters. The summed E-state index contributed by atoms with van der Waals surface area (Å²) in [5.74, 6) is 1.24. The molecule has 5 nitrogen and oxygen atoms in total. The summed E-state index contributed by atoms with van der Waals surface area (Å²) in [4.78, 5) is 11.2. The van der Waals surface area contributed by atoms with Crippen molar-refractivity contribution in [3.8, 4) is 11.5 Å². The molecule has 3 rings (SSSR count). The van der Waals surface area contributed by atoms with Gasteiger partial charge in [0.05, 0.1) is 6.54 Å². The molecule has 1 saturated heterocycles. The van der Waals surface area contributed by atoms with E-state index in [1.54, 1.807) is 0 Å². The van der Waals surface area contributed by atoms with Crippen molar-refractivity contribution in [3.05, 3.63) is 23.8 Å². The number of hydrogen-bond donors (Lipinski definition) is 1. The summed E-state index contributed by atoms with van der Waals surface area (Å²) in [7, 11) is 0. The molecule has 2 aliphatic heterocycles. The highest BCUT2D eigenvalue weighted by molar-refractivity contribution is 5.78. The fraction of sp³-hybridized carbons (Fsp3) is 0.364. The van der Waals surface area contributed by atoms with Crippen molar-refractivity contribution in [2.75, 3.05) is 13.3 Å². The van der Waals surface area contributed by atoms with Gasteiger partial charge in [0.2, 0.25) is 12.7 Å². The maximum atomic E-state index is 11.2. The minimum atomic E-state index is -0.234. The molecular weight excluding hydrogens is 210 g/mol. The summed E-state index contributed by atoms with van der Waals surface area (Å²) < 4.78 is 10.5. The monoisotopic (exact) mass is 221 g/mol. The summed E-state index contributed by atoms with van der Waals surface area (Å²) in [5, 5.41) is 10.0. The lowest BCUT2D eigenvalue weighted by Crippen LogP contribution is -2.19. The Morgan fingerprint density at radius 1 is 1.31 bits per heavy atom. The highest BCUT2D eigenvalue weighted by Gasteiger charge is 2.30. The van der Waals surface area contributed by atoms with Gasteiger partial charge in [-0.25, -0.2) is 5.06 Å². The fourth-order valence-electron chi connectivity index (χ4n) is 2.08. The van der Waals surface area contributed by atoms with Gasteiger partial charge in [-0.2, -0.15) is 0 Å². The van der Waals surface area contributed by atoms with E-state index in [1.807, 2.05) is 18.2 Å². The first kappa shape index (κ1) is 9.47. The maximum Gasteiger partial charge on any atom is 0.246 e. The Morgan fingerprint density at radius 2 is 2.12 bits per heavy atom. The first-order valence-electron chi connectivity index (χ1n) is 5.13. The Bertz CT molecular complexity index is 446. The van der Waals surface area contributed by atoms with Crippen molar-refractivity contribution in [2.45, 2.75) is 12.3 Å². The average molecular weight is 221 g/mol. The molecule has 1 fully saturated rings. The van der Waals surface area contributed by atoms with E-state index in [2.05, 4.69) is 0 Å². The van der Waals surface area contributed by atoms with Gasteiger partial charge < -0.3 is 9.47 Å². The van der Waals surface area contributed by atoms with Crippen molar-refractivity contribution in [2.24, 2.45) is 0 Å². The zero-order chi connectivity index (χ0) is 11.1. The fourth-order valence-corrected chi connectivity index (χ4v) is 2.08. The predicted molar refractivity (Wildman–Crippen MR) is 53.4 cm³/mol. The molecule has 1 aromatic carbocycles. The molecule has 5 heteroatoms. The molecule has 84 valence electrons. The number of nitrogens with zero attached hydrogens (tertiary/aromatic N) is 1. The van der Waals surface area contributed by atoms with Crippen LogP contribution in [0, 0.1) is 0 Å². The lowest BCUT2D eigenvalue weighted by Gasteiger charge is -2.09. The SMILES string of the molecule is O=C1CC(c2ccc3c(c2)OCO3)CN1O. The molecule has 1 unspecified atom stereocenters. The molecule has 0 aliphatic carbocycles. The molecular formula is C11H11NO4. The van der Waals surface area contributed by atoms with Crippen LogP contribution in [0.5, 0.6) is 11.5 Å². The molecule has 2 aliphatic rings. The Kier molecular flexibility index (Phi) is 2.00. The third kappa shape index (κ3) is 1.40.